The van der Waals surface area contributed by atoms with Crippen LogP contribution in [0.2, 0.25) is 0 Å². The van der Waals surface area contributed by atoms with Crippen LogP contribution < -0.4 is 5.32 Å². The van der Waals surface area contributed by atoms with Gasteiger partial charge in [0.1, 0.15) is 0 Å². The van der Waals surface area contributed by atoms with Gasteiger partial charge in [-0.2, -0.15) is 0 Å². The Labute approximate surface area is 91.0 Å². The van der Waals surface area contributed by atoms with Gasteiger partial charge in [-0.15, -0.1) is 12.4 Å². The molecule has 0 amide bonds. The second-order valence-electron chi connectivity index (χ2n) is 4.20. The molecule has 0 radical (unpaired) electrons. The van der Waals surface area contributed by atoms with Crippen LogP contribution in [-0.2, 0) is 9.53 Å². The van der Waals surface area contributed by atoms with Crippen molar-refractivity contribution >= 4 is 18.4 Å². The van der Waals surface area contributed by atoms with Gasteiger partial charge >= 0.3 is 5.97 Å². The maximum atomic E-state index is 11.2. The lowest BCUT2D eigenvalue weighted by Crippen LogP contribution is -2.39. The van der Waals surface area contributed by atoms with E-state index in [4.69, 9.17) is 4.74 Å². The number of carbonyl (C=O) groups is 1. The number of ether oxygens (including phenoxy) is 1. The summed E-state index contributed by atoms with van der Waals surface area (Å²) >= 11 is 0. The molecule has 0 aromatic rings. The summed E-state index contributed by atoms with van der Waals surface area (Å²) in [5.74, 6) is 1.99. The zero-order valence-corrected chi connectivity index (χ0v) is 9.31. The first-order valence-electron chi connectivity index (χ1n) is 5.09. The normalized spacial score (nSPS) is 34.8. The summed E-state index contributed by atoms with van der Waals surface area (Å²) in [6.07, 6.45) is 3.21. The highest BCUT2D eigenvalue weighted by Crippen LogP contribution is 2.41. The molecule has 4 heteroatoms. The highest BCUT2D eigenvalue weighted by Gasteiger charge is 2.39. The Morgan fingerprint density at radius 2 is 1.93 bits per heavy atom. The largest absolute Gasteiger partial charge is 0.469 e. The van der Waals surface area contributed by atoms with E-state index in [1.807, 2.05) is 0 Å². The number of rotatable bonds is 2. The van der Waals surface area contributed by atoms with Crippen LogP contribution in [-0.4, -0.2) is 26.2 Å². The number of hydrogen-bond donors (Lipinski definition) is 1. The minimum atomic E-state index is -0.0381. The smallest absolute Gasteiger partial charge is 0.305 e. The molecule has 0 spiro atoms. The number of halogens is 1. The zero-order chi connectivity index (χ0) is 9.26. The third kappa shape index (κ3) is 2.20. The highest BCUT2D eigenvalue weighted by molar-refractivity contribution is 5.85. The average Bonchev–Trinajstić information content (AvgIpc) is 2.41. The van der Waals surface area contributed by atoms with Crippen LogP contribution in [0.15, 0.2) is 0 Å². The molecular weight excluding hydrogens is 202 g/mol. The van der Waals surface area contributed by atoms with E-state index in [1.54, 1.807) is 0 Å². The molecule has 2 aliphatic rings. The van der Waals surface area contributed by atoms with E-state index < -0.39 is 0 Å². The molecule has 2 fully saturated rings. The van der Waals surface area contributed by atoms with Crippen molar-refractivity contribution in [2.75, 3.05) is 20.2 Å². The van der Waals surface area contributed by atoms with E-state index in [2.05, 4.69) is 5.32 Å². The molecule has 0 aromatic carbocycles. The van der Waals surface area contributed by atoms with Gasteiger partial charge in [0.15, 0.2) is 0 Å². The molecule has 2 rings (SSSR count). The van der Waals surface area contributed by atoms with Gasteiger partial charge in [-0.3, -0.25) is 4.79 Å². The first kappa shape index (κ1) is 11.8. The summed E-state index contributed by atoms with van der Waals surface area (Å²) in [6.45, 7) is 2.19. The lowest BCUT2D eigenvalue weighted by molar-refractivity contribution is -0.142. The predicted molar refractivity (Wildman–Crippen MR) is 56.5 cm³/mol. The molecule has 3 nitrogen and oxygen atoms in total. The van der Waals surface area contributed by atoms with Crippen molar-refractivity contribution in [1.29, 1.82) is 0 Å². The van der Waals surface area contributed by atoms with E-state index >= 15 is 0 Å². The maximum absolute atomic E-state index is 11.2. The van der Waals surface area contributed by atoms with Crippen LogP contribution in [0.25, 0.3) is 0 Å². The minimum absolute atomic E-state index is 0. The lowest BCUT2D eigenvalue weighted by Gasteiger charge is -2.29. The van der Waals surface area contributed by atoms with Crippen molar-refractivity contribution in [3.63, 3.8) is 0 Å². The van der Waals surface area contributed by atoms with Gasteiger partial charge in [0.2, 0.25) is 0 Å². The number of esters is 1. The summed E-state index contributed by atoms with van der Waals surface area (Å²) in [4.78, 5) is 11.2. The van der Waals surface area contributed by atoms with Crippen molar-refractivity contribution in [2.24, 2.45) is 17.8 Å². The first-order chi connectivity index (χ1) is 6.31. The quantitative estimate of drug-likeness (QED) is 0.710. The summed E-state index contributed by atoms with van der Waals surface area (Å²) < 4.78 is 4.72. The van der Waals surface area contributed by atoms with E-state index in [0.29, 0.717) is 12.3 Å². The fourth-order valence-electron chi connectivity index (χ4n) is 2.81. The molecular formula is C10H18ClNO2. The number of hydrogen-bond acceptors (Lipinski definition) is 3. The summed E-state index contributed by atoms with van der Waals surface area (Å²) in [5.41, 5.74) is 0. The molecule has 2 unspecified atom stereocenters. The Hall–Kier alpha value is -0.280. The summed E-state index contributed by atoms with van der Waals surface area (Å²) in [7, 11) is 1.48. The van der Waals surface area contributed by atoms with Crippen molar-refractivity contribution in [2.45, 2.75) is 19.3 Å². The number of fused-ring (bicyclic) bond motifs is 2. The molecule has 1 N–H and O–H groups in total. The molecule has 2 bridgehead atoms. The molecule has 0 aromatic heterocycles. The molecule has 1 heterocycles. The standard InChI is InChI=1S/C10H17NO2.ClH/c1-13-10(12)4-9-7-2-3-8(9)6-11-5-7;/h7-9,11H,2-6H2,1H3;1H. The molecule has 14 heavy (non-hydrogen) atoms. The Balaban J connectivity index is 0.000000980. The molecule has 82 valence electrons. The Kier molecular flexibility index (Phi) is 4.20. The molecule has 1 saturated heterocycles. The maximum Gasteiger partial charge on any atom is 0.305 e. The Bertz CT molecular complexity index is 194. The van der Waals surface area contributed by atoms with Crippen LogP contribution in [0, 0.1) is 17.8 Å². The lowest BCUT2D eigenvalue weighted by atomic mass is 9.84. The zero-order valence-electron chi connectivity index (χ0n) is 8.49. The van der Waals surface area contributed by atoms with Crippen molar-refractivity contribution < 1.29 is 9.53 Å². The average molecular weight is 220 g/mol. The van der Waals surface area contributed by atoms with Gasteiger partial charge in [-0.05, 0) is 43.7 Å². The molecule has 1 aliphatic carbocycles. The number of carbonyl (C=O) groups excluding carboxylic acids is 1. The fourth-order valence-corrected chi connectivity index (χ4v) is 2.81. The van der Waals surface area contributed by atoms with Gasteiger partial charge in [0, 0.05) is 6.42 Å². The molecule has 1 saturated carbocycles. The van der Waals surface area contributed by atoms with E-state index in [0.717, 1.165) is 24.9 Å². The third-order valence-electron chi connectivity index (χ3n) is 3.56. The van der Waals surface area contributed by atoms with E-state index in [-0.39, 0.29) is 18.4 Å². The number of piperidine rings is 1. The third-order valence-corrected chi connectivity index (χ3v) is 3.56. The van der Waals surface area contributed by atoms with Crippen LogP contribution in [0.3, 0.4) is 0 Å². The Morgan fingerprint density at radius 3 is 2.43 bits per heavy atom. The van der Waals surface area contributed by atoms with Crippen LogP contribution in [0.4, 0.5) is 0 Å². The van der Waals surface area contributed by atoms with Crippen molar-refractivity contribution in [3.05, 3.63) is 0 Å². The second-order valence-corrected chi connectivity index (χ2v) is 4.20. The van der Waals surface area contributed by atoms with E-state index in [9.17, 15) is 4.79 Å². The summed E-state index contributed by atoms with van der Waals surface area (Å²) in [6, 6.07) is 0. The SMILES string of the molecule is COC(=O)CC1C2CCC1CNC2.Cl. The fraction of sp³-hybridized carbons (Fsp3) is 0.900. The van der Waals surface area contributed by atoms with Crippen molar-refractivity contribution in [3.8, 4) is 0 Å². The predicted octanol–water partition coefficient (Wildman–Crippen LogP) is 1.22. The summed E-state index contributed by atoms with van der Waals surface area (Å²) in [5, 5.41) is 3.42. The number of methoxy groups -OCH3 is 1. The van der Waals surface area contributed by atoms with Gasteiger partial charge < -0.3 is 10.1 Å². The van der Waals surface area contributed by atoms with Gasteiger partial charge in [-0.25, -0.2) is 0 Å². The van der Waals surface area contributed by atoms with Gasteiger partial charge in [-0.1, -0.05) is 0 Å². The van der Waals surface area contributed by atoms with Crippen LogP contribution >= 0.6 is 12.4 Å². The van der Waals surface area contributed by atoms with Gasteiger partial charge in [0.25, 0.3) is 0 Å². The van der Waals surface area contributed by atoms with Gasteiger partial charge in [0.05, 0.1) is 7.11 Å². The van der Waals surface area contributed by atoms with Crippen molar-refractivity contribution in [1.82, 2.24) is 5.32 Å². The van der Waals surface area contributed by atoms with E-state index in [1.165, 1.54) is 20.0 Å². The minimum Gasteiger partial charge on any atom is -0.469 e. The topological polar surface area (TPSA) is 38.3 Å². The molecule has 1 aliphatic heterocycles. The van der Waals surface area contributed by atoms with Crippen LogP contribution in [0.1, 0.15) is 19.3 Å². The Morgan fingerprint density at radius 1 is 1.36 bits per heavy atom. The monoisotopic (exact) mass is 219 g/mol. The first-order valence-corrected chi connectivity index (χ1v) is 5.09. The van der Waals surface area contributed by atoms with Crippen LogP contribution in [0.5, 0.6) is 0 Å². The highest BCUT2D eigenvalue weighted by atomic mass is 35.5. The number of nitrogens with one attached hydrogen (secondary N) is 1. The second kappa shape index (κ2) is 4.99. The molecule has 2 atom stereocenters.